The highest BCUT2D eigenvalue weighted by Crippen LogP contribution is 2.29. The number of nitriles is 1. The van der Waals surface area contributed by atoms with Gasteiger partial charge in [-0.05, 0) is 32.9 Å². The lowest BCUT2D eigenvalue weighted by Gasteiger charge is -2.18. The first-order chi connectivity index (χ1) is 11.5. The van der Waals surface area contributed by atoms with E-state index in [0.29, 0.717) is 22.9 Å². The van der Waals surface area contributed by atoms with Gasteiger partial charge in [0.1, 0.15) is 5.82 Å². The van der Waals surface area contributed by atoms with E-state index >= 15 is 0 Å². The van der Waals surface area contributed by atoms with Crippen molar-refractivity contribution in [3.05, 3.63) is 36.0 Å². The highest BCUT2D eigenvalue weighted by Gasteiger charge is 2.19. The SMILES string of the molecule is COc1cc(C#N)ccc1OC(C)C(=O)Nc1ccnn1C(C)C. The van der Waals surface area contributed by atoms with E-state index in [1.165, 1.54) is 7.11 Å². The van der Waals surface area contributed by atoms with Crippen LogP contribution in [0.2, 0.25) is 0 Å². The molecule has 7 heteroatoms. The molecule has 1 N–H and O–H groups in total. The maximum Gasteiger partial charge on any atom is 0.266 e. The maximum atomic E-state index is 12.3. The Morgan fingerprint density at radius 1 is 1.29 bits per heavy atom. The van der Waals surface area contributed by atoms with Crippen molar-refractivity contribution in [1.29, 1.82) is 5.26 Å². The fourth-order valence-electron chi connectivity index (χ4n) is 2.13. The van der Waals surface area contributed by atoms with Gasteiger partial charge in [0, 0.05) is 18.2 Å². The van der Waals surface area contributed by atoms with E-state index in [1.54, 1.807) is 42.1 Å². The van der Waals surface area contributed by atoms with Gasteiger partial charge in [0.05, 0.1) is 24.9 Å². The molecule has 0 aliphatic carbocycles. The molecule has 24 heavy (non-hydrogen) atoms. The minimum atomic E-state index is -0.748. The van der Waals surface area contributed by atoms with Crippen molar-refractivity contribution < 1.29 is 14.3 Å². The Bertz CT molecular complexity index is 761. The minimum absolute atomic E-state index is 0.130. The summed E-state index contributed by atoms with van der Waals surface area (Å²) >= 11 is 0. The van der Waals surface area contributed by atoms with E-state index < -0.39 is 6.10 Å². The molecule has 0 spiro atoms. The van der Waals surface area contributed by atoms with Crippen LogP contribution in [-0.4, -0.2) is 28.9 Å². The van der Waals surface area contributed by atoms with Crippen LogP contribution < -0.4 is 14.8 Å². The molecule has 0 saturated carbocycles. The molecule has 0 bridgehead atoms. The van der Waals surface area contributed by atoms with Crippen molar-refractivity contribution >= 4 is 11.7 Å². The molecule has 7 nitrogen and oxygen atoms in total. The summed E-state index contributed by atoms with van der Waals surface area (Å²) in [6, 6.07) is 8.67. The summed E-state index contributed by atoms with van der Waals surface area (Å²) in [7, 11) is 1.48. The third kappa shape index (κ3) is 3.84. The number of benzene rings is 1. The Hall–Kier alpha value is -3.01. The van der Waals surface area contributed by atoms with E-state index in [4.69, 9.17) is 14.7 Å². The molecular formula is C17H20N4O3. The summed E-state index contributed by atoms with van der Waals surface area (Å²) in [4.78, 5) is 12.3. The quantitative estimate of drug-likeness (QED) is 0.880. The number of aromatic nitrogens is 2. The van der Waals surface area contributed by atoms with Crippen LogP contribution in [0.1, 0.15) is 32.4 Å². The van der Waals surface area contributed by atoms with E-state index in [0.717, 1.165) is 0 Å². The van der Waals surface area contributed by atoms with Crippen molar-refractivity contribution in [2.75, 3.05) is 12.4 Å². The second kappa shape index (κ2) is 7.51. The molecule has 1 aromatic carbocycles. The fourth-order valence-corrected chi connectivity index (χ4v) is 2.13. The van der Waals surface area contributed by atoms with Crippen LogP contribution in [0.15, 0.2) is 30.5 Å². The summed E-state index contributed by atoms with van der Waals surface area (Å²) < 4.78 is 12.6. The maximum absolute atomic E-state index is 12.3. The molecule has 1 atom stereocenters. The van der Waals surface area contributed by atoms with E-state index in [1.807, 2.05) is 19.9 Å². The Labute approximate surface area is 140 Å². The summed E-state index contributed by atoms with van der Waals surface area (Å²) in [6.07, 6.45) is 0.882. The minimum Gasteiger partial charge on any atom is -0.493 e. The molecular weight excluding hydrogens is 308 g/mol. The van der Waals surface area contributed by atoms with Crippen LogP contribution >= 0.6 is 0 Å². The number of carbonyl (C=O) groups is 1. The zero-order valence-electron chi connectivity index (χ0n) is 14.1. The first kappa shape index (κ1) is 17.3. The molecule has 0 aliphatic rings. The second-order valence-electron chi connectivity index (χ2n) is 5.48. The summed E-state index contributed by atoms with van der Waals surface area (Å²) in [5.74, 6) is 1.11. The molecule has 0 saturated heterocycles. The van der Waals surface area contributed by atoms with Crippen LogP contribution in [0.4, 0.5) is 5.82 Å². The number of amides is 1. The van der Waals surface area contributed by atoms with Gasteiger partial charge in [-0.2, -0.15) is 10.4 Å². The van der Waals surface area contributed by atoms with Crippen LogP contribution in [0, 0.1) is 11.3 Å². The largest absolute Gasteiger partial charge is 0.493 e. The zero-order chi connectivity index (χ0) is 17.7. The standard InChI is InChI=1S/C17H20N4O3/c1-11(2)21-16(7-8-19-21)20-17(22)12(3)24-14-6-5-13(10-18)9-15(14)23-4/h5-9,11-12H,1-4H3,(H,20,22). The molecule has 2 rings (SSSR count). The average Bonchev–Trinajstić information content (AvgIpc) is 3.03. The number of rotatable bonds is 6. The van der Waals surface area contributed by atoms with E-state index in [9.17, 15) is 4.79 Å². The monoisotopic (exact) mass is 328 g/mol. The van der Waals surface area contributed by atoms with Gasteiger partial charge in [-0.3, -0.25) is 4.79 Å². The predicted molar refractivity (Wildman–Crippen MR) is 89.0 cm³/mol. The molecule has 1 heterocycles. The predicted octanol–water partition coefficient (Wildman–Crippen LogP) is 2.75. The van der Waals surface area contributed by atoms with Crippen molar-refractivity contribution in [3.63, 3.8) is 0 Å². The van der Waals surface area contributed by atoms with Crippen molar-refractivity contribution in [1.82, 2.24) is 9.78 Å². The Morgan fingerprint density at radius 3 is 2.67 bits per heavy atom. The Morgan fingerprint density at radius 2 is 2.04 bits per heavy atom. The topological polar surface area (TPSA) is 89.2 Å². The van der Waals surface area contributed by atoms with Crippen LogP contribution in [-0.2, 0) is 4.79 Å². The molecule has 2 aromatic rings. The average molecular weight is 328 g/mol. The highest BCUT2D eigenvalue weighted by molar-refractivity contribution is 5.93. The van der Waals surface area contributed by atoms with Crippen molar-refractivity contribution in [3.8, 4) is 17.6 Å². The lowest BCUT2D eigenvalue weighted by molar-refractivity contribution is -0.122. The molecule has 0 radical (unpaired) electrons. The molecule has 0 fully saturated rings. The summed E-state index contributed by atoms with van der Waals surface area (Å²) in [6.45, 7) is 5.59. The van der Waals surface area contributed by atoms with Crippen LogP contribution in [0.25, 0.3) is 0 Å². The van der Waals surface area contributed by atoms with Crippen LogP contribution in [0.5, 0.6) is 11.5 Å². The summed E-state index contributed by atoms with van der Waals surface area (Å²) in [5.41, 5.74) is 0.456. The van der Waals surface area contributed by atoms with Gasteiger partial charge in [-0.1, -0.05) is 0 Å². The van der Waals surface area contributed by atoms with Gasteiger partial charge in [0.25, 0.3) is 5.91 Å². The number of nitrogens with zero attached hydrogens (tertiary/aromatic N) is 3. The molecule has 1 amide bonds. The van der Waals surface area contributed by atoms with E-state index in [2.05, 4.69) is 10.4 Å². The van der Waals surface area contributed by atoms with Gasteiger partial charge < -0.3 is 14.8 Å². The fraction of sp³-hybridized carbons (Fsp3) is 0.353. The molecule has 1 aromatic heterocycles. The molecule has 1 unspecified atom stereocenters. The lowest BCUT2D eigenvalue weighted by Crippen LogP contribution is -2.31. The third-order valence-electron chi connectivity index (χ3n) is 3.38. The lowest BCUT2D eigenvalue weighted by atomic mass is 10.2. The van der Waals surface area contributed by atoms with Crippen LogP contribution in [0.3, 0.4) is 0 Å². The normalized spacial score (nSPS) is 11.7. The van der Waals surface area contributed by atoms with Gasteiger partial charge in [0.2, 0.25) is 0 Å². The van der Waals surface area contributed by atoms with Gasteiger partial charge in [0.15, 0.2) is 17.6 Å². The number of ether oxygens (including phenoxy) is 2. The van der Waals surface area contributed by atoms with Crippen molar-refractivity contribution in [2.24, 2.45) is 0 Å². The number of nitrogens with one attached hydrogen (secondary N) is 1. The van der Waals surface area contributed by atoms with Gasteiger partial charge >= 0.3 is 0 Å². The smallest absolute Gasteiger partial charge is 0.266 e. The Balaban J connectivity index is 2.09. The van der Waals surface area contributed by atoms with E-state index in [-0.39, 0.29) is 11.9 Å². The zero-order valence-corrected chi connectivity index (χ0v) is 14.1. The first-order valence-electron chi connectivity index (χ1n) is 7.55. The van der Waals surface area contributed by atoms with Gasteiger partial charge in [-0.25, -0.2) is 4.68 Å². The number of anilines is 1. The van der Waals surface area contributed by atoms with Gasteiger partial charge in [-0.15, -0.1) is 0 Å². The first-order valence-corrected chi connectivity index (χ1v) is 7.55. The second-order valence-corrected chi connectivity index (χ2v) is 5.48. The summed E-state index contributed by atoms with van der Waals surface area (Å²) in [5, 5.41) is 15.9. The number of hydrogen-bond acceptors (Lipinski definition) is 5. The Kier molecular flexibility index (Phi) is 5.42. The third-order valence-corrected chi connectivity index (χ3v) is 3.38. The van der Waals surface area contributed by atoms with Crippen molar-refractivity contribution in [2.45, 2.75) is 32.9 Å². The molecule has 126 valence electrons. The number of carbonyl (C=O) groups excluding carboxylic acids is 1. The number of methoxy groups -OCH3 is 1. The number of hydrogen-bond donors (Lipinski definition) is 1. The highest BCUT2D eigenvalue weighted by atomic mass is 16.5. The molecule has 0 aliphatic heterocycles.